The summed E-state index contributed by atoms with van der Waals surface area (Å²) in [5.41, 5.74) is 2.60. The van der Waals surface area contributed by atoms with Crippen LogP contribution in [0.1, 0.15) is 37.3 Å². The van der Waals surface area contributed by atoms with Gasteiger partial charge in [-0.2, -0.15) is 0 Å². The number of hydrogen-bond donors (Lipinski definition) is 0. The van der Waals surface area contributed by atoms with E-state index in [0.29, 0.717) is 0 Å². The minimum absolute atomic E-state index is 0.0358. The van der Waals surface area contributed by atoms with Crippen LogP contribution < -0.4 is 0 Å². The van der Waals surface area contributed by atoms with Crippen LogP contribution >= 0.6 is 0 Å². The summed E-state index contributed by atoms with van der Waals surface area (Å²) >= 11 is 0. The fourth-order valence-electron chi connectivity index (χ4n) is 2.07. The maximum absolute atomic E-state index is 5.89. The van der Waals surface area contributed by atoms with Gasteiger partial charge >= 0.3 is 0 Å². The molecule has 1 nitrogen and oxygen atoms in total. The van der Waals surface area contributed by atoms with Crippen LogP contribution in [0, 0.1) is 6.92 Å². The molecule has 0 aliphatic carbocycles. The lowest BCUT2D eigenvalue weighted by Gasteiger charge is -2.34. The Labute approximate surface area is 86.1 Å². The van der Waals surface area contributed by atoms with Gasteiger partial charge in [-0.15, -0.1) is 0 Å². The predicted octanol–water partition coefficient (Wildman–Crippen LogP) is 3.41. The van der Waals surface area contributed by atoms with Crippen LogP contribution in [0.4, 0.5) is 0 Å². The van der Waals surface area contributed by atoms with Gasteiger partial charge < -0.3 is 4.74 Å². The molecular formula is C13H18O. The molecule has 0 radical (unpaired) electrons. The van der Waals surface area contributed by atoms with Crippen LogP contribution in [-0.4, -0.2) is 6.61 Å². The Bertz CT molecular complexity index is 294. The number of hydrogen-bond acceptors (Lipinski definition) is 1. The summed E-state index contributed by atoms with van der Waals surface area (Å²) in [5, 5.41) is 0. The molecule has 0 aromatic heterocycles. The highest BCUT2D eigenvalue weighted by atomic mass is 16.5. The van der Waals surface area contributed by atoms with E-state index in [-0.39, 0.29) is 5.60 Å². The van der Waals surface area contributed by atoms with Crippen molar-refractivity contribution >= 4 is 0 Å². The molecule has 14 heavy (non-hydrogen) atoms. The topological polar surface area (TPSA) is 9.23 Å². The van der Waals surface area contributed by atoms with E-state index in [1.165, 1.54) is 24.0 Å². The number of rotatable bonds is 1. The van der Waals surface area contributed by atoms with Crippen molar-refractivity contribution in [1.82, 2.24) is 0 Å². The molecule has 0 amide bonds. The van der Waals surface area contributed by atoms with Gasteiger partial charge in [-0.25, -0.2) is 0 Å². The van der Waals surface area contributed by atoms with E-state index in [0.717, 1.165) is 13.0 Å². The molecule has 1 aliphatic heterocycles. The maximum atomic E-state index is 5.89. The highest BCUT2D eigenvalue weighted by Crippen LogP contribution is 2.34. The van der Waals surface area contributed by atoms with Crippen molar-refractivity contribution in [3.63, 3.8) is 0 Å². The average molecular weight is 190 g/mol. The molecule has 0 saturated carbocycles. The zero-order valence-electron chi connectivity index (χ0n) is 9.05. The summed E-state index contributed by atoms with van der Waals surface area (Å²) in [5.74, 6) is 0. The largest absolute Gasteiger partial charge is 0.371 e. The molecule has 1 heteroatoms. The third kappa shape index (κ3) is 1.83. The van der Waals surface area contributed by atoms with Crippen LogP contribution in [0.2, 0.25) is 0 Å². The van der Waals surface area contributed by atoms with Crippen LogP contribution in [0.5, 0.6) is 0 Å². The smallest absolute Gasteiger partial charge is 0.0903 e. The van der Waals surface area contributed by atoms with Crippen molar-refractivity contribution in [2.75, 3.05) is 6.61 Å². The molecule has 1 saturated heterocycles. The number of ether oxygens (including phenoxy) is 1. The van der Waals surface area contributed by atoms with Gasteiger partial charge in [0.05, 0.1) is 5.60 Å². The second-order valence-corrected chi connectivity index (χ2v) is 4.40. The van der Waals surface area contributed by atoms with Crippen molar-refractivity contribution in [2.45, 2.75) is 38.7 Å². The van der Waals surface area contributed by atoms with Crippen molar-refractivity contribution < 1.29 is 4.74 Å². The Morgan fingerprint density at radius 2 is 1.86 bits per heavy atom. The van der Waals surface area contributed by atoms with E-state index in [1.807, 2.05) is 0 Å². The van der Waals surface area contributed by atoms with Gasteiger partial charge in [0.15, 0.2) is 0 Å². The van der Waals surface area contributed by atoms with E-state index in [1.54, 1.807) is 0 Å². The van der Waals surface area contributed by atoms with Crippen molar-refractivity contribution in [2.24, 2.45) is 0 Å². The van der Waals surface area contributed by atoms with E-state index in [4.69, 9.17) is 4.74 Å². The van der Waals surface area contributed by atoms with Crippen molar-refractivity contribution in [1.29, 1.82) is 0 Å². The number of benzene rings is 1. The summed E-state index contributed by atoms with van der Waals surface area (Å²) in [6, 6.07) is 8.72. The fraction of sp³-hybridized carbons (Fsp3) is 0.538. The van der Waals surface area contributed by atoms with Gasteiger partial charge in [0.1, 0.15) is 0 Å². The molecule has 1 heterocycles. The molecule has 1 atom stereocenters. The minimum Gasteiger partial charge on any atom is -0.371 e. The lowest BCUT2D eigenvalue weighted by atomic mass is 9.88. The van der Waals surface area contributed by atoms with Crippen LogP contribution in [-0.2, 0) is 10.3 Å². The lowest BCUT2D eigenvalue weighted by Crippen LogP contribution is -2.30. The second-order valence-electron chi connectivity index (χ2n) is 4.40. The lowest BCUT2D eigenvalue weighted by molar-refractivity contribution is -0.0701. The van der Waals surface area contributed by atoms with Crippen molar-refractivity contribution in [3.8, 4) is 0 Å². The zero-order valence-corrected chi connectivity index (χ0v) is 9.05. The average Bonchev–Trinajstić information content (AvgIpc) is 2.19. The summed E-state index contributed by atoms with van der Waals surface area (Å²) in [7, 11) is 0. The predicted molar refractivity (Wildman–Crippen MR) is 58.3 cm³/mol. The standard InChI is InChI=1S/C13H18O/c1-11-5-7-12(8-6-11)13(2)9-3-4-10-14-13/h5-8H,3-4,9-10H2,1-2H3. The quantitative estimate of drug-likeness (QED) is 0.659. The van der Waals surface area contributed by atoms with Crippen LogP contribution in [0.15, 0.2) is 24.3 Å². The molecule has 0 spiro atoms. The first-order valence-electron chi connectivity index (χ1n) is 5.42. The first-order valence-corrected chi connectivity index (χ1v) is 5.42. The minimum atomic E-state index is -0.0358. The normalized spacial score (nSPS) is 27.6. The first-order chi connectivity index (χ1) is 6.71. The van der Waals surface area contributed by atoms with Crippen LogP contribution in [0.3, 0.4) is 0 Å². The summed E-state index contributed by atoms with van der Waals surface area (Å²) in [6.07, 6.45) is 3.64. The highest BCUT2D eigenvalue weighted by Gasteiger charge is 2.29. The molecule has 0 N–H and O–H groups in total. The molecule has 76 valence electrons. The molecule has 1 aromatic rings. The second kappa shape index (κ2) is 3.74. The summed E-state index contributed by atoms with van der Waals surface area (Å²) in [4.78, 5) is 0. The molecule has 1 unspecified atom stereocenters. The highest BCUT2D eigenvalue weighted by molar-refractivity contribution is 5.26. The van der Waals surface area contributed by atoms with E-state index >= 15 is 0 Å². The Hall–Kier alpha value is -0.820. The van der Waals surface area contributed by atoms with Crippen molar-refractivity contribution in [3.05, 3.63) is 35.4 Å². The van der Waals surface area contributed by atoms with Gasteiger partial charge in [-0.3, -0.25) is 0 Å². The Morgan fingerprint density at radius 1 is 1.14 bits per heavy atom. The van der Waals surface area contributed by atoms with E-state index in [2.05, 4.69) is 38.1 Å². The Kier molecular flexibility index (Phi) is 2.60. The third-order valence-corrected chi connectivity index (χ3v) is 3.13. The molecule has 1 fully saturated rings. The van der Waals surface area contributed by atoms with Gasteiger partial charge in [0, 0.05) is 6.61 Å². The first kappa shape index (κ1) is 9.72. The van der Waals surface area contributed by atoms with Gasteiger partial charge in [-0.05, 0) is 38.7 Å². The molecule has 1 aliphatic rings. The summed E-state index contributed by atoms with van der Waals surface area (Å²) in [6.45, 7) is 5.23. The zero-order chi connectivity index (χ0) is 10.0. The molecule has 0 bridgehead atoms. The molecule has 1 aromatic carbocycles. The van der Waals surface area contributed by atoms with E-state index in [9.17, 15) is 0 Å². The van der Waals surface area contributed by atoms with E-state index < -0.39 is 0 Å². The summed E-state index contributed by atoms with van der Waals surface area (Å²) < 4.78 is 5.89. The van der Waals surface area contributed by atoms with Gasteiger partial charge in [0.25, 0.3) is 0 Å². The van der Waals surface area contributed by atoms with Crippen LogP contribution in [0.25, 0.3) is 0 Å². The monoisotopic (exact) mass is 190 g/mol. The number of aryl methyl sites for hydroxylation is 1. The SMILES string of the molecule is Cc1ccc(C2(C)CCCCO2)cc1. The Balaban J connectivity index is 2.23. The van der Waals surface area contributed by atoms with Gasteiger partial charge in [0.2, 0.25) is 0 Å². The fourth-order valence-corrected chi connectivity index (χ4v) is 2.07. The molecule has 2 rings (SSSR count). The maximum Gasteiger partial charge on any atom is 0.0903 e. The molecular weight excluding hydrogens is 172 g/mol. The van der Waals surface area contributed by atoms with Gasteiger partial charge in [-0.1, -0.05) is 29.8 Å². The third-order valence-electron chi connectivity index (χ3n) is 3.13. The Morgan fingerprint density at radius 3 is 2.43 bits per heavy atom.